The second-order valence-electron chi connectivity index (χ2n) is 9.79. The summed E-state index contributed by atoms with van der Waals surface area (Å²) in [5, 5.41) is 14.7. The van der Waals surface area contributed by atoms with E-state index < -0.39 is 0 Å². The fourth-order valence-corrected chi connectivity index (χ4v) is 6.11. The van der Waals surface area contributed by atoms with E-state index in [0.29, 0.717) is 29.1 Å². The molecular formula is C25H28N8O2S. The first kappa shape index (κ1) is 22.9. The lowest BCUT2D eigenvalue weighted by Crippen LogP contribution is -2.34. The number of nitrogens with one attached hydrogen (secondary N) is 2. The van der Waals surface area contributed by atoms with Crippen LogP contribution in [0, 0.1) is 25.7 Å². The zero-order chi connectivity index (χ0) is 25.0. The van der Waals surface area contributed by atoms with E-state index in [2.05, 4.69) is 30.7 Å². The maximum Gasteiger partial charge on any atom is 0.260 e. The number of nitrogens with zero attached hydrogens (tertiary/aromatic N) is 6. The maximum atomic E-state index is 13.2. The van der Waals surface area contributed by atoms with Crippen molar-refractivity contribution in [3.63, 3.8) is 0 Å². The van der Waals surface area contributed by atoms with E-state index in [1.807, 2.05) is 26.4 Å². The van der Waals surface area contributed by atoms with E-state index in [-0.39, 0.29) is 11.8 Å². The summed E-state index contributed by atoms with van der Waals surface area (Å²) in [6.07, 6.45) is 8.34. The summed E-state index contributed by atoms with van der Waals surface area (Å²) >= 11 is 1.49. The molecule has 6 rings (SSSR count). The first-order chi connectivity index (χ1) is 17.4. The van der Waals surface area contributed by atoms with Gasteiger partial charge in [-0.2, -0.15) is 10.2 Å². The normalized spacial score (nSPS) is 19.0. The molecule has 2 atom stereocenters. The van der Waals surface area contributed by atoms with Crippen LogP contribution in [-0.4, -0.2) is 67.3 Å². The Hall–Kier alpha value is -3.57. The molecule has 2 unspecified atom stereocenters. The van der Waals surface area contributed by atoms with Crippen molar-refractivity contribution in [1.82, 2.24) is 34.6 Å². The van der Waals surface area contributed by atoms with Crippen molar-refractivity contribution >= 4 is 33.7 Å². The quantitative estimate of drug-likeness (QED) is 0.401. The van der Waals surface area contributed by atoms with Gasteiger partial charge < -0.3 is 15.5 Å². The van der Waals surface area contributed by atoms with Crippen molar-refractivity contribution in [2.24, 2.45) is 18.9 Å². The Morgan fingerprint density at radius 2 is 1.92 bits per heavy atom. The number of fused-ring (bicyclic) bond motifs is 2. The SMILES string of the molecule is Cc1ncc(C(=O)NCCN2CC3CC3C2)cc1NC(=O)c1cnn2cc(-c3cn(C)nc3C)sc12. The van der Waals surface area contributed by atoms with E-state index in [0.717, 1.165) is 52.4 Å². The summed E-state index contributed by atoms with van der Waals surface area (Å²) < 4.78 is 3.48. The Balaban J connectivity index is 1.14. The van der Waals surface area contributed by atoms with Crippen LogP contribution in [0.5, 0.6) is 0 Å². The topological polar surface area (TPSA) is 109 Å². The number of thiazole rings is 1. The molecule has 0 radical (unpaired) electrons. The van der Waals surface area contributed by atoms with E-state index in [4.69, 9.17) is 0 Å². The zero-order valence-electron chi connectivity index (χ0n) is 20.5. The molecule has 5 heterocycles. The second-order valence-corrected chi connectivity index (χ2v) is 10.8. The van der Waals surface area contributed by atoms with Crippen LogP contribution >= 0.6 is 11.3 Å². The van der Waals surface area contributed by atoms with Crippen molar-refractivity contribution in [1.29, 1.82) is 0 Å². The van der Waals surface area contributed by atoms with Gasteiger partial charge in [0.05, 0.1) is 39.3 Å². The number of likely N-dealkylation sites (tertiary alicyclic amines) is 1. The summed E-state index contributed by atoms with van der Waals surface area (Å²) in [6.45, 7) is 7.52. The third-order valence-electron chi connectivity index (χ3n) is 7.08. The van der Waals surface area contributed by atoms with Gasteiger partial charge in [0.1, 0.15) is 4.83 Å². The molecule has 1 aliphatic heterocycles. The summed E-state index contributed by atoms with van der Waals surface area (Å²) in [5.74, 6) is 1.28. The summed E-state index contributed by atoms with van der Waals surface area (Å²) in [5.41, 5.74) is 3.96. The minimum Gasteiger partial charge on any atom is -0.351 e. The number of anilines is 1. The second kappa shape index (κ2) is 8.82. The number of aryl methyl sites for hydroxylation is 3. The Morgan fingerprint density at radius 1 is 1.11 bits per heavy atom. The molecular weight excluding hydrogens is 476 g/mol. The summed E-state index contributed by atoms with van der Waals surface area (Å²) in [7, 11) is 1.88. The fraction of sp³-hybridized carbons (Fsp3) is 0.400. The van der Waals surface area contributed by atoms with Gasteiger partial charge in [0.25, 0.3) is 11.8 Å². The van der Waals surface area contributed by atoms with Gasteiger partial charge in [0.2, 0.25) is 0 Å². The van der Waals surface area contributed by atoms with Gasteiger partial charge in [-0.1, -0.05) is 0 Å². The largest absolute Gasteiger partial charge is 0.351 e. The molecule has 0 spiro atoms. The number of pyridine rings is 1. The van der Waals surface area contributed by atoms with Crippen LogP contribution < -0.4 is 10.6 Å². The molecule has 10 nitrogen and oxygen atoms in total. The Kier molecular flexibility index (Phi) is 5.60. The van der Waals surface area contributed by atoms with Crippen LogP contribution in [0.3, 0.4) is 0 Å². The molecule has 186 valence electrons. The highest BCUT2D eigenvalue weighted by Crippen LogP contribution is 2.44. The predicted molar refractivity (Wildman–Crippen MR) is 137 cm³/mol. The molecule has 1 aliphatic carbocycles. The van der Waals surface area contributed by atoms with Crippen molar-refractivity contribution in [3.05, 3.63) is 53.4 Å². The number of hydrogen-bond donors (Lipinski definition) is 2. The lowest BCUT2D eigenvalue weighted by molar-refractivity contribution is 0.0947. The van der Waals surface area contributed by atoms with Crippen LogP contribution in [0.4, 0.5) is 5.69 Å². The molecule has 0 bridgehead atoms. The number of rotatable bonds is 7. The van der Waals surface area contributed by atoms with E-state index in [9.17, 15) is 9.59 Å². The highest BCUT2D eigenvalue weighted by Gasteiger charge is 2.44. The van der Waals surface area contributed by atoms with Crippen molar-refractivity contribution in [3.8, 4) is 10.4 Å². The molecule has 0 aromatic carbocycles. The van der Waals surface area contributed by atoms with Crippen LogP contribution in [0.15, 0.2) is 30.9 Å². The predicted octanol–water partition coefficient (Wildman–Crippen LogP) is 2.74. The van der Waals surface area contributed by atoms with E-state index in [1.54, 1.807) is 34.6 Å². The average Bonchev–Trinajstić information content (AvgIpc) is 3.23. The Labute approximate surface area is 212 Å². The molecule has 4 aromatic rings. The highest BCUT2D eigenvalue weighted by atomic mass is 32.1. The lowest BCUT2D eigenvalue weighted by atomic mass is 10.2. The minimum atomic E-state index is -0.295. The van der Waals surface area contributed by atoms with Crippen LogP contribution in [0.2, 0.25) is 0 Å². The van der Waals surface area contributed by atoms with Crippen LogP contribution in [-0.2, 0) is 7.05 Å². The molecule has 1 saturated heterocycles. The van der Waals surface area contributed by atoms with Gasteiger partial charge in [0, 0.05) is 57.4 Å². The number of amides is 2. The smallest absolute Gasteiger partial charge is 0.260 e. The van der Waals surface area contributed by atoms with Crippen LogP contribution in [0.25, 0.3) is 15.3 Å². The number of carbonyl (C=O) groups is 2. The first-order valence-corrected chi connectivity index (χ1v) is 12.9. The molecule has 11 heteroatoms. The highest BCUT2D eigenvalue weighted by molar-refractivity contribution is 7.21. The minimum absolute atomic E-state index is 0.190. The van der Waals surface area contributed by atoms with Crippen molar-refractivity contribution in [2.45, 2.75) is 20.3 Å². The molecule has 2 aliphatic rings. The fourth-order valence-electron chi connectivity index (χ4n) is 4.99. The zero-order valence-corrected chi connectivity index (χ0v) is 21.3. The van der Waals surface area contributed by atoms with Gasteiger partial charge >= 0.3 is 0 Å². The van der Waals surface area contributed by atoms with Gasteiger partial charge in [-0.3, -0.25) is 19.3 Å². The number of piperidine rings is 1. The monoisotopic (exact) mass is 504 g/mol. The van der Waals surface area contributed by atoms with Gasteiger partial charge in [-0.05, 0) is 38.2 Å². The van der Waals surface area contributed by atoms with E-state index >= 15 is 0 Å². The lowest BCUT2D eigenvalue weighted by Gasteiger charge is -2.17. The molecule has 1 saturated carbocycles. The van der Waals surface area contributed by atoms with Gasteiger partial charge in [-0.15, -0.1) is 11.3 Å². The first-order valence-electron chi connectivity index (χ1n) is 12.1. The summed E-state index contributed by atoms with van der Waals surface area (Å²) in [4.78, 5) is 34.4. The molecule has 2 N–H and O–H groups in total. The molecule has 2 fully saturated rings. The molecule has 2 amide bonds. The van der Waals surface area contributed by atoms with Gasteiger partial charge in [0.15, 0.2) is 0 Å². The number of hydrogen-bond acceptors (Lipinski definition) is 7. The maximum absolute atomic E-state index is 13.2. The van der Waals surface area contributed by atoms with E-state index in [1.165, 1.54) is 17.8 Å². The number of carbonyl (C=O) groups excluding carboxylic acids is 2. The summed E-state index contributed by atoms with van der Waals surface area (Å²) in [6, 6.07) is 1.68. The van der Waals surface area contributed by atoms with Crippen LogP contribution in [0.1, 0.15) is 38.5 Å². The number of aromatic nitrogens is 5. The third kappa shape index (κ3) is 4.28. The van der Waals surface area contributed by atoms with Gasteiger partial charge in [-0.25, -0.2) is 4.52 Å². The molecule has 4 aromatic heterocycles. The molecule has 36 heavy (non-hydrogen) atoms. The van der Waals surface area contributed by atoms with Crippen molar-refractivity contribution < 1.29 is 9.59 Å². The Morgan fingerprint density at radius 3 is 2.67 bits per heavy atom. The third-order valence-corrected chi connectivity index (χ3v) is 8.23. The Bertz CT molecular complexity index is 1470. The van der Waals surface area contributed by atoms with Crippen molar-refractivity contribution in [2.75, 3.05) is 31.5 Å². The average molecular weight is 505 g/mol. The standard InChI is InChI=1S/C25H28N8O2S/c1-14-20(12-31(3)30-14)22-13-33-25(36-22)19(9-28-33)24(35)29-21-7-16(8-27-15(21)2)23(34)26-4-5-32-10-17-6-18(17)11-32/h7-9,12-13,17-18H,4-6,10-11H2,1-3H3,(H,26,34)(H,29,35).